The fourth-order valence-corrected chi connectivity index (χ4v) is 1.86. The lowest BCUT2D eigenvalue weighted by molar-refractivity contribution is -0.851. The van der Waals surface area contributed by atoms with Gasteiger partial charge in [-0.25, -0.2) is 0 Å². The maximum absolute atomic E-state index is 11.6. The minimum atomic E-state index is -5.08. The second-order valence-electron chi connectivity index (χ2n) is 1.98. The standard InChI is InChI=1S/C6H5BF3IO/c8-7(9,10)12-11-6-4-2-1-3-5-6/h1-5H. The molecule has 1 nitrogen and oxygen atoms in total. The van der Waals surface area contributed by atoms with Gasteiger partial charge in [-0.1, -0.05) is 18.2 Å². The molecule has 66 valence electrons. The molecule has 0 aliphatic rings. The van der Waals surface area contributed by atoms with Gasteiger partial charge in [0, 0.05) is 0 Å². The predicted octanol–water partition coefficient (Wildman–Crippen LogP) is -0.779. The average Bonchev–Trinajstić information content (AvgIpc) is 2.02. The number of hydrogen-bond donors (Lipinski definition) is 0. The highest BCUT2D eigenvalue weighted by molar-refractivity contribution is 6.50. The van der Waals surface area contributed by atoms with Crippen LogP contribution in [0.25, 0.3) is 0 Å². The van der Waals surface area contributed by atoms with Gasteiger partial charge in [0.25, 0.3) is 0 Å². The lowest BCUT2D eigenvalue weighted by Crippen LogP contribution is -3.62. The Morgan fingerprint density at radius 3 is 2.17 bits per heavy atom. The second kappa shape index (κ2) is 4.13. The summed E-state index contributed by atoms with van der Waals surface area (Å²) in [5.41, 5.74) is 0. The lowest BCUT2D eigenvalue weighted by Gasteiger charge is -2.02. The molecule has 6 heteroatoms. The van der Waals surface area contributed by atoms with Crippen LogP contribution in [0, 0.1) is 3.57 Å². The highest BCUT2D eigenvalue weighted by atomic mass is 127. The van der Waals surface area contributed by atoms with Gasteiger partial charge in [-0.2, -0.15) is 0 Å². The lowest BCUT2D eigenvalue weighted by atomic mass is 10.3. The Labute approximate surface area is 78.8 Å². The van der Waals surface area contributed by atoms with Gasteiger partial charge in [-0.3, -0.25) is 2.98 Å². The first-order chi connectivity index (χ1) is 5.58. The quantitative estimate of drug-likeness (QED) is 0.524. The van der Waals surface area contributed by atoms with Gasteiger partial charge in [0.1, 0.15) is 0 Å². The van der Waals surface area contributed by atoms with E-state index in [2.05, 4.69) is 2.98 Å². The van der Waals surface area contributed by atoms with Crippen LogP contribution in [0.3, 0.4) is 0 Å². The van der Waals surface area contributed by atoms with Crippen molar-refractivity contribution in [1.82, 2.24) is 0 Å². The van der Waals surface area contributed by atoms with E-state index in [1.54, 1.807) is 30.3 Å². The molecule has 1 rings (SSSR count). The average molecular weight is 288 g/mol. The SMILES string of the molecule is F[B-](F)(F)O[I+]c1ccccc1. The molecule has 1 aromatic rings. The molecule has 0 aliphatic heterocycles. The summed E-state index contributed by atoms with van der Waals surface area (Å²) in [6, 6.07) is 8.42. The fourth-order valence-electron chi connectivity index (χ4n) is 0.568. The molecule has 0 bridgehead atoms. The summed E-state index contributed by atoms with van der Waals surface area (Å²) < 4.78 is 39.2. The van der Waals surface area contributed by atoms with E-state index in [1.807, 2.05) is 0 Å². The van der Waals surface area contributed by atoms with Crippen molar-refractivity contribution in [2.24, 2.45) is 0 Å². The molecule has 0 aromatic heterocycles. The number of hydrogen-bond acceptors (Lipinski definition) is 1. The third-order valence-electron chi connectivity index (χ3n) is 0.968. The van der Waals surface area contributed by atoms with Crippen molar-refractivity contribution >= 4 is 7.18 Å². The van der Waals surface area contributed by atoms with Gasteiger partial charge in [0.2, 0.25) is 3.57 Å². The number of rotatable bonds is 3. The Balaban J connectivity index is 2.44. The van der Waals surface area contributed by atoms with Crippen molar-refractivity contribution in [3.63, 3.8) is 0 Å². The summed E-state index contributed by atoms with van der Waals surface area (Å²) in [5.74, 6) is 0. The number of benzene rings is 1. The maximum atomic E-state index is 11.6. The van der Waals surface area contributed by atoms with Gasteiger partial charge < -0.3 is 12.9 Å². The van der Waals surface area contributed by atoms with Crippen LogP contribution in [-0.4, -0.2) is 7.18 Å². The minimum absolute atomic E-state index is 0.635. The van der Waals surface area contributed by atoms with Gasteiger partial charge >= 0.3 is 28.8 Å². The molecule has 0 unspecified atom stereocenters. The summed E-state index contributed by atoms with van der Waals surface area (Å²) >= 11 is -1.36. The summed E-state index contributed by atoms with van der Waals surface area (Å²) in [6.07, 6.45) is 0. The molecule has 0 atom stereocenters. The van der Waals surface area contributed by atoms with E-state index in [4.69, 9.17) is 0 Å². The molecule has 0 N–H and O–H groups in total. The van der Waals surface area contributed by atoms with Crippen LogP contribution >= 0.6 is 0 Å². The molecule has 0 saturated carbocycles. The smallest absolute Gasteiger partial charge is 0.420 e. The Kier molecular flexibility index (Phi) is 3.39. The van der Waals surface area contributed by atoms with E-state index in [9.17, 15) is 12.9 Å². The van der Waals surface area contributed by atoms with Crippen LogP contribution in [0.4, 0.5) is 12.9 Å². The molecule has 0 saturated heterocycles. The normalized spacial score (nSPS) is 11.6. The summed E-state index contributed by atoms with van der Waals surface area (Å²) in [4.78, 5) is 0. The molecule has 0 spiro atoms. The molecular formula is C6H5BF3IO. The fraction of sp³-hybridized carbons (Fsp3) is 0. The van der Waals surface area contributed by atoms with Crippen molar-refractivity contribution in [1.29, 1.82) is 0 Å². The van der Waals surface area contributed by atoms with E-state index in [1.165, 1.54) is 0 Å². The first kappa shape index (κ1) is 9.85. The van der Waals surface area contributed by atoms with Crippen molar-refractivity contribution in [2.45, 2.75) is 0 Å². The summed E-state index contributed by atoms with van der Waals surface area (Å²) in [7, 11) is -5.08. The topological polar surface area (TPSA) is 9.23 Å². The van der Waals surface area contributed by atoms with E-state index in [-0.39, 0.29) is 0 Å². The van der Waals surface area contributed by atoms with Gasteiger partial charge in [-0.15, -0.1) is 0 Å². The van der Waals surface area contributed by atoms with Crippen LogP contribution in [0.5, 0.6) is 0 Å². The minimum Gasteiger partial charge on any atom is -0.420 e. The van der Waals surface area contributed by atoms with Gasteiger partial charge in [-0.05, 0) is 12.1 Å². The Morgan fingerprint density at radius 2 is 1.67 bits per heavy atom. The highest BCUT2D eigenvalue weighted by Gasteiger charge is 2.34. The zero-order chi connectivity index (χ0) is 9.03. The van der Waals surface area contributed by atoms with Crippen LogP contribution in [-0.2, 0) is 2.98 Å². The highest BCUT2D eigenvalue weighted by Crippen LogP contribution is 2.03. The van der Waals surface area contributed by atoms with Crippen LogP contribution in [0.2, 0.25) is 0 Å². The van der Waals surface area contributed by atoms with Crippen molar-refractivity contribution in [2.75, 3.05) is 0 Å². The zero-order valence-corrected chi connectivity index (χ0v) is 8.04. The molecule has 0 amide bonds. The molecule has 1 aromatic carbocycles. The van der Waals surface area contributed by atoms with Gasteiger partial charge in [0.15, 0.2) is 0 Å². The molecule has 12 heavy (non-hydrogen) atoms. The Hall–Kier alpha value is -0.235. The zero-order valence-electron chi connectivity index (χ0n) is 5.88. The van der Waals surface area contributed by atoms with E-state index in [0.717, 1.165) is 0 Å². The first-order valence-corrected chi connectivity index (χ1v) is 5.10. The predicted molar refractivity (Wildman–Crippen MR) is 35.3 cm³/mol. The third-order valence-corrected chi connectivity index (χ3v) is 3.03. The van der Waals surface area contributed by atoms with E-state index < -0.39 is 28.8 Å². The van der Waals surface area contributed by atoms with Crippen molar-refractivity contribution in [3.05, 3.63) is 33.9 Å². The molecular weight excluding hydrogens is 283 g/mol. The van der Waals surface area contributed by atoms with Crippen LogP contribution < -0.4 is 21.6 Å². The Morgan fingerprint density at radius 1 is 1.08 bits per heavy atom. The monoisotopic (exact) mass is 288 g/mol. The van der Waals surface area contributed by atoms with E-state index in [0.29, 0.717) is 3.57 Å². The summed E-state index contributed by atoms with van der Waals surface area (Å²) in [5, 5.41) is 0. The van der Waals surface area contributed by atoms with Crippen LogP contribution in [0.1, 0.15) is 0 Å². The molecule has 0 fully saturated rings. The Bertz CT molecular complexity index is 238. The van der Waals surface area contributed by atoms with Crippen LogP contribution in [0.15, 0.2) is 30.3 Å². The summed E-state index contributed by atoms with van der Waals surface area (Å²) in [6.45, 7) is 0. The second-order valence-corrected chi connectivity index (χ2v) is 4.17. The van der Waals surface area contributed by atoms with Crippen molar-refractivity contribution in [3.8, 4) is 0 Å². The molecule has 0 aliphatic carbocycles. The number of halogens is 4. The third kappa shape index (κ3) is 3.96. The maximum Gasteiger partial charge on any atom is 0.679 e. The van der Waals surface area contributed by atoms with E-state index >= 15 is 0 Å². The molecule has 0 radical (unpaired) electrons. The molecule has 0 heterocycles. The van der Waals surface area contributed by atoms with Gasteiger partial charge in [0.05, 0.1) is 0 Å². The first-order valence-electron chi connectivity index (χ1n) is 3.14. The van der Waals surface area contributed by atoms with Crippen molar-refractivity contribution < 1.29 is 37.6 Å². The largest absolute Gasteiger partial charge is 0.679 e.